The van der Waals surface area contributed by atoms with E-state index in [2.05, 4.69) is 0 Å². The zero-order chi connectivity index (χ0) is 23.5. The fourth-order valence-corrected chi connectivity index (χ4v) is 3.57. The molecule has 4 aromatic carbocycles. The summed E-state index contributed by atoms with van der Waals surface area (Å²) in [6.07, 6.45) is 0. The highest BCUT2D eigenvalue weighted by atomic mass is 16.4. The Bertz CT molecular complexity index is 1290. The molecule has 6 nitrogen and oxygen atoms in total. The summed E-state index contributed by atoms with van der Waals surface area (Å²) in [6, 6.07) is 25.3. The predicted octanol–water partition coefficient (Wildman–Crippen LogP) is 5.78. The zero-order valence-corrected chi connectivity index (χ0v) is 17.2. The maximum atomic E-state index is 11.4. The average Bonchev–Trinajstić information content (AvgIpc) is 2.84. The van der Waals surface area contributed by atoms with Gasteiger partial charge in [-0.15, -0.1) is 0 Å². The van der Waals surface area contributed by atoms with E-state index in [0.717, 1.165) is 27.8 Å². The SMILES string of the molecule is O=C(O)c1ccc(-c2cc(-c3ccc(C(=O)O)cc3)cc(-c3cccc(C(=O)O)c3)c2)cc1. The highest BCUT2D eigenvalue weighted by molar-refractivity contribution is 5.91. The molecule has 4 rings (SSSR count). The molecule has 162 valence electrons. The monoisotopic (exact) mass is 438 g/mol. The minimum Gasteiger partial charge on any atom is -0.478 e. The molecule has 0 heterocycles. The summed E-state index contributed by atoms with van der Waals surface area (Å²) < 4.78 is 0. The van der Waals surface area contributed by atoms with Crippen LogP contribution in [0.5, 0.6) is 0 Å². The number of hydrogen-bond donors (Lipinski definition) is 3. The van der Waals surface area contributed by atoms with Gasteiger partial charge in [0.1, 0.15) is 0 Å². The fraction of sp³-hybridized carbons (Fsp3) is 0. The predicted molar refractivity (Wildman–Crippen MR) is 124 cm³/mol. The number of carboxylic acids is 3. The van der Waals surface area contributed by atoms with E-state index in [4.69, 9.17) is 0 Å². The van der Waals surface area contributed by atoms with E-state index in [0.29, 0.717) is 5.56 Å². The molecule has 0 amide bonds. The van der Waals surface area contributed by atoms with Gasteiger partial charge in [0.25, 0.3) is 0 Å². The lowest BCUT2D eigenvalue weighted by Gasteiger charge is -2.12. The van der Waals surface area contributed by atoms with Crippen molar-refractivity contribution in [3.05, 3.63) is 108 Å². The van der Waals surface area contributed by atoms with Gasteiger partial charge in [-0.05, 0) is 88.0 Å². The van der Waals surface area contributed by atoms with Gasteiger partial charge in [0.2, 0.25) is 0 Å². The zero-order valence-electron chi connectivity index (χ0n) is 17.2. The van der Waals surface area contributed by atoms with Crippen molar-refractivity contribution in [1.82, 2.24) is 0 Å². The second kappa shape index (κ2) is 8.80. The van der Waals surface area contributed by atoms with Crippen LogP contribution in [0.25, 0.3) is 33.4 Å². The molecule has 0 saturated carbocycles. The molecule has 0 saturated heterocycles. The fourth-order valence-electron chi connectivity index (χ4n) is 3.57. The lowest BCUT2D eigenvalue weighted by molar-refractivity contribution is 0.0686. The standard InChI is InChI=1S/C27H18O6/c28-25(29)18-8-4-16(5-9-18)22-13-23(17-6-10-19(11-7-17)26(30)31)15-24(14-22)20-2-1-3-21(12-20)27(32)33/h1-15H,(H,28,29)(H,30,31)(H,32,33). The summed E-state index contributed by atoms with van der Waals surface area (Å²) in [5, 5.41) is 27.7. The molecule has 0 aliphatic rings. The van der Waals surface area contributed by atoms with Crippen LogP contribution in [0.1, 0.15) is 31.1 Å². The van der Waals surface area contributed by atoms with Crippen molar-refractivity contribution in [1.29, 1.82) is 0 Å². The number of hydrogen-bond acceptors (Lipinski definition) is 3. The van der Waals surface area contributed by atoms with E-state index in [1.54, 1.807) is 36.4 Å². The van der Waals surface area contributed by atoms with Crippen molar-refractivity contribution in [2.75, 3.05) is 0 Å². The van der Waals surface area contributed by atoms with Crippen molar-refractivity contribution in [2.24, 2.45) is 0 Å². The van der Waals surface area contributed by atoms with Gasteiger partial charge >= 0.3 is 17.9 Å². The maximum absolute atomic E-state index is 11.4. The summed E-state index contributed by atoms with van der Waals surface area (Å²) in [4.78, 5) is 33.8. The van der Waals surface area contributed by atoms with Gasteiger partial charge in [0.15, 0.2) is 0 Å². The second-order valence-corrected chi connectivity index (χ2v) is 7.45. The van der Waals surface area contributed by atoms with Crippen molar-refractivity contribution in [2.45, 2.75) is 0 Å². The largest absolute Gasteiger partial charge is 0.478 e. The third-order valence-corrected chi connectivity index (χ3v) is 5.31. The molecule has 0 atom stereocenters. The van der Waals surface area contributed by atoms with Crippen molar-refractivity contribution in [3.63, 3.8) is 0 Å². The molecule has 0 fully saturated rings. The van der Waals surface area contributed by atoms with Crippen LogP contribution >= 0.6 is 0 Å². The van der Waals surface area contributed by atoms with Crippen LogP contribution in [0.4, 0.5) is 0 Å². The Morgan fingerprint density at radius 1 is 0.394 bits per heavy atom. The molecule has 0 aromatic heterocycles. The molecule has 0 radical (unpaired) electrons. The summed E-state index contributed by atoms with van der Waals surface area (Å²) in [7, 11) is 0. The van der Waals surface area contributed by atoms with Gasteiger partial charge < -0.3 is 15.3 Å². The van der Waals surface area contributed by atoms with Gasteiger partial charge in [0, 0.05) is 0 Å². The Morgan fingerprint density at radius 3 is 1.18 bits per heavy atom. The Labute approximate surface area is 189 Å². The molecule has 0 aliphatic heterocycles. The van der Waals surface area contributed by atoms with Crippen LogP contribution in [0.15, 0.2) is 91.0 Å². The highest BCUT2D eigenvalue weighted by Crippen LogP contribution is 2.33. The van der Waals surface area contributed by atoms with Crippen LogP contribution in [0.2, 0.25) is 0 Å². The Hall–Kier alpha value is -4.71. The lowest BCUT2D eigenvalue weighted by atomic mass is 9.92. The van der Waals surface area contributed by atoms with Crippen LogP contribution < -0.4 is 0 Å². The number of rotatable bonds is 6. The molecule has 6 heteroatoms. The van der Waals surface area contributed by atoms with E-state index >= 15 is 0 Å². The number of aromatic carboxylic acids is 3. The molecule has 0 spiro atoms. The molecule has 3 N–H and O–H groups in total. The minimum absolute atomic E-state index is 0.163. The Balaban J connectivity index is 1.87. The first kappa shape index (κ1) is 21.5. The first-order valence-electron chi connectivity index (χ1n) is 9.98. The summed E-state index contributed by atoms with van der Waals surface area (Å²) in [6.45, 7) is 0. The Kier molecular flexibility index (Phi) is 5.74. The van der Waals surface area contributed by atoms with Gasteiger partial charge in [-0.25, -0.2) is 14.4 Å². The van der Waals surface area contributed by atoms with Crippen LogP contribution in [0.3, 0.4) is 0 Å². The third-order valence-electron chi connectivity index (χ3n) is 5.31. The van der Waals surface area contributed by atoms with E-state index < -0.39 is 17.9 Å². The molecular formula is C27H18O6. The normalized spacial score (nSPS) is 10.5. The number of carboxylic acid groups (broad SMARTS) is 3. The third kappa shape index (κ3) is 4.65. The average molecular weight is 438 g/mol. The maximum Gasteiger partial charge on any atom is 0.335 e. The second-order valence-electron chi connectivity index (χ2n) is 7.45. The summed E-state index contributed by atoms with van der Waals surface area (Å²) in [5.74, 6) is -3.05. The molecule has 0 bridgehead atoms. The van der Waals surface area contributed by atoms with Gasteiger partial charge in [-0.3, -0.25) is 0 Å². The quantitative estimate of drug-likeness (QED) is 0.352. The van der Waals surface area contributed by atoms with E-state index in [1.807, 2.05) is 24.3 Å². The van der Waals surface area contributed by atoms with E-state index in [9.17, 15) is 29.7 Å². The summed E-state index contributed by atoms with van der Waals surface area (Å²) >= 11 is 0. The van der Waals surface area contributed by atoms with E-state index in [-0.39, 0.29) is 16.7 Å². The van der Waals surface area contributed by atoms with Gasteiger partial charge in [0.05, 0.1) is 16.7 Å². The molecule has 0 aliphatic carbocycles. The molecule has 0 unspecified atom stereocenters. The van der Waals surface area contributed by atoms with Crippen molar-refractivity contribution < 1.29 is 29.7 Å². The minimum atomic E-state index is -1.03. The van der Waals surface area contributed by atoms with Gasteiger partial charge in [-0.1, -0.05) is 36.4 Å². The van der Waals surface area contributed by atoms with Crippen LogP contribution in [-0.4, -0.2) is 33.2 Å². The molecular weight excluding hydrogens is 420 g/mol. The lowest BCUT2D eigenvalue weighted by Crippen LogP contribution is -1.96. The van der Waals surface area contributed by atoms with Crippen molar-refractivity contribution >= 4 is 17.9 Å². The Morgan fingerprint density at radius 2 is 0.788 bits per heavy atom. The van der Waals surface area contributed by atoms with Crippen molar-refractivity contribution in [3.8, 4) is 33.4 Å². The molecule has 33 heavy (non-hydrogen) atoms. The smallest absolute Gasteiger partial charge is 0.335 e. The number of benzene rings is 4. The highest BCUT2D eigenvalue weighted by Gasteiger charge is 2.11. The summed E-state index contributed by atoms with van der Waals surface area (Å²) in [5.41, 5.74) is 5.19. The van der Waals surface area contributed by atoms with Crippen LogP contribution in [-0.2, 0) is 0 Å². The first-order chi connectivity index (χ1) is 15.8. The van der Waals surface area contributed by atoms with E-state index in [1.165, 1.54) is 30.3 Å². The van der Waals surface area contributed by atoms with Gasteiger partial charge in [-0.2, -0.15) is 0 Å². The number of carbonyl (C=O) groups is 3. The van der Waals surface area contributed by atoms with Crippen LogP contribution in [0, 0.1) is 0 Å². The molecule has 4 aromatic rings. The topological polar surface area (TPSA) is 112 Å². The first-order valence-corrected chi connectivity index (χ1v) is 9.98.